The van der Waals surface area contributed by atoms with E-state index >= 15 is 0 Å². The van der Waals surface area contributed by atoms with E-state index in [1.54, 1.807) is 22.8 Å². The lowest BCUT2D eigenvalue weighted by atomic mass is 10.2. The standard InChI is InChI=1S/C18H19N3O5S/c22-7-6-21-13-3-1-2-12(13)17(20-18(21)24)27-9-16(23)19-11-4-5-14-15(8-11)26-10-25-14/h4-5,8,22H,1-3,6-7,9-10H2,(H,19,23). The molecule has 0 unspecified atom stereocenters. The first-order chi connectivity index (χ1) is 13.2. The van der Waals surface area contributed by atoms with Crippen molar-refractivity contribution in [3.05, 3.63) is 39.9 Å². The average Bonchev–Trinajstić information content (AvgIpc) is 3.31. The van der Waals surface area contributed by atoms with E-state index in [4.69, 9.17) is 14.6 Å². The third-order valence-corrected chi connectivity index (χ3v) is 5.54. The summed E-state index contributed by atoms with van der Waals surface area (Å²) in [5.41, 5.74) is 2.21. The third-order valence-electron chi connectivity index (χ3n) is 4.52. The molecule has 27 heavy (non-hydrogen) atoms. The molecule has 1 aliphatic carbocycles. The number of carbonyl (C=O) groups is 1. The van der Waals surface area contributed by atoms with Crippen molar-refractivity contribution >= 4 is 23.4 Å². The van der Waals surface area contributed by atoms with Crippen LogP contribution in [0.3, 0.4) is 0 Å². The van der Waals surface area contributed by atoms with Gasteiger partial charge in [0.15, 0.2) is 11.5 Å². The van der Waals surface area contributed by atoms with E-state index in [-0.39, 0.29) is 37.3 Å². The number of aliphatic hydroxyl groups is 1. The Labute approximate surface area is 159 Å². The van der Waals surface area contributed by atoms with Gasteiger partial charge in [-0.05, 0) is 31.4 Å². The van der Waals surface area contributed by atoms with Gasteiger partial charge in [-0.25, -0.2) is 4.79 Å². The number of carbonyl (C=O) groups excluding carboxylic acids is 1. The Hall–Kier alpha value is -2.52. The van der Waals surface area contributed by atoms with Crippen LogP contribution in [0.4, 0.5) is 5.69 Å². The zero-order valence-corrected chi connectivity index (χ0v) is 15.4. The predicted octanol–water partition coefficient (Wildman–Crippen LogP) is 1.18. The molecule has 0 bridgehead atoms. The Kier molecular flexibility index (Phi) is 5.04. The van der Waals surface area contributed by atoms with Gasteiger partial charge in [-0.1, -0.05) is 11.8 Å². The van der Waals surface area contributed by atoms with Gasteiger partial charge < -0.3 is 19.9 Å². The molecule has 0 spiro atoms. The summed E-state index contributed by atoms with van der Waals surface area (Å²) in [7, 11) is 0. The molecule has 4 rings (SSSR count). The highest BCUT2D eigenvalue weighted by Crippen LogP contribution is 2.34. The first kappa shape index (κ1) is 17.9. The minimum absolute atomic E-state index is 0.0988. The SMILES string of the molecule is O=C(CSc1nc(=O)n(CCO)c2c1CCC2)Nc1ccc2c(c1)OCO2. The van der Waals surface area contributed by atoms with Gasteiger partial charge in [0.2, 0.25) is 12.7 Å². The van der Waals surface area contributed by atoms with Crippen LogP contribution in [-0.4, -0.2) is 39.7 Å². The van der Waals surface area contributed by atoms with Crippen LogP contribution in [0, 0.1) is 0 Å². The van der Waals surface area contributed by atoms with Crippen molar-refractivity contribution in [1.82, 2.24) is 9.55 Å². The lowest BCUT2D eigenvalue weighted by molar-refractivity contribution is -0.113. The first-order valence-corrected chi connectivity index (χ1v) is 9.70. The zero-order chi connectivity index (χ0) is 18.8. The number of rotatable bonds is 6. The second-order valence-electron chi connectivity index (χ2n) is 6.26. The molecule has 9 heteroatoms. The molecule has 8 nitrogen and oxygen atoms in total. The summed E-state index contributed by atoms with van der Waals surface area (Å²) in [5, 5.41) is 12.6. The third kappa shape index (κ3) is 3.65. The van der Waals surface area contributed by atoms with Crippen LogP contribution in [0.25, 0.3) is 0 Å². The summed E-state index contributed by atoms with van der Waals surface area (Å²) < 4.78 is 12.1. The summed E-state index contributed by atoms with van der Waals surface area (Å²) in [6.45, 7) is 0.337. The number of amides is 1. The molecule has 1 aliphatic heterocycles. The number of aliphatic hydroxyl groups excluding tert-OH is 1. The quantitative estimate of drug-likeness (QED) is 0.565. The highest BCUT2D eigenvalue weighted by molar-refractivity contribution is 8.00. The highest BCUT2D eigenvalue weighted by atomic mass is 32.2. The maximum absolute atomic E-state index is 12.3. The van der Waals surface area contributed by atoms with Crippen LogP contribution >= 0.6 is 11.8 Å². The molecular formula is C18H19N3O5S. The Bertz CT molecular complexity index is 943. The van der Waals surface area contributed by atoms with Gasteiger partial charge in [0.05, 0.1) is 18.9 Å². The number of ether oxygens (including phenoxy) is 2. The molecule has 2 N–H and O–H groups in total. The largest absolute Gasteiger partial charge is 0.454 e. The number of aromatic nitrogens is 2. The van der Waals surface area contributed by atoms with E-state index < -0.39 is 0 Å². The fourth-order valence-electron chi connectivity index (χ4n) is 3.34. The molecule has 0 saturated carbocycles. The minimum atomic E-state index is -0.372. The van der Waals surface area contributed by atoms with E-state index in [2.05, 4.69) is 10.3 Å². The second kappa shape index (κ2) is 7.61. The Morgan fingerprint density at radius 1 is 1.30 bits per heavy atom. The maximum Gasteiger partial charge on any atom is 0.348 e. The van der Waals surface area contributed by atoms with Gasteiger partial charge >= 0.3 is 5.69 Å². The van der Waals surface area contributed by atoms with Gasteiger partial charge in [0, 0.05) is 23.0 Å². The molecule has 1 aromatic carbocycles. The number of hydrogen-bond acceptors (Lipinski definition) is 7. The van der Waals surface area contributed by atoms with Gasteiger partial charge in [-0.3, -0.25) is 9.36 Å². The van der Waals surface area contributed by atoms with Gasteiger partial charge in [0.1, 0.15) is 5.03 Å². The van der Waals surface area contributed by atoms with E-state index in [0.29, 0.717) is 22.2 Å². The summed E-state index contributed by atoms with van der Waals surface area (Å²) in [6.07, 6.45) is 2.58. The summed E-state index contributed by atoms with van der Waals surface area (Å²) in [4.78, 5) is 28.7. The Balaban J connectivity index is 1.44. The van der Waals surface area contributed by atoms with E-state index in [0.717, 1.165) is 30.5 Å². The normalized spacial score (nSPS) is 14.3. The molecule has 1 amide bonds. The number of fused-ring (bicyclic) bond motifs is 2. The van der Waals surface area contributed by atoms with Crippen LogP contribution < -0.4 is 20.5 Å². The fraction of sp³-hybridized carbons (Fsp3) is 0.389. The number of nitrogens with one attached hydrogen (secondary N) is 1. The van der Waals surface area contributed by atoms with Crippen LogP contribution in [0.2, 0.25) is 0 Å². The molecule has 2 heterocycles. The lowest BCUT2D eigenvalue weighted by Crippen LogP contribution is -2.28. The van der Waals surface area contributed by atoms with E-state index in [1.165, 1.54) is 11.8 Å². The van der Waals surface area contributed by atoms with Crippen LogP contribution in [0.1, 0.15) is 17.7 Å². The molecule has 2 aromatic rings. The minimum Gasteiger partial charge on any atom is -0.454 e. The second-order valence-corrected chi connectivity index (χ2v) is 7.22. The molecule has 0 saturated heterocycles. The molecule has 142 valence electrons. The van der Waals surface area contributed by atoms with E-state index in [9.17, 15) is 9.59 Å². The van der Waals surface area contributed by atoms with Crippen molar-refractivity contribution in [2.45, 2.75) is 30.8 Å². The van der Waals surface area contributed by atoms with Crippen LogP contribution in [0.5, 0.6) is 11.5 Å². The lowest BCUT2D eigenvalue weighted by Gasteiger charge is -2.13. The topological polar surface area (TPSA) is 103 Å². The Morgan fingerprint density at radius 3 is 3.00 bits per heavy atom. The molecule has 2 aliphatic rings. The number of anilines is 1. The molecular weight excluding hydrogens is 370 g/mol. The molecule has 1 aromatic heterocycles. The molecule has 0 atom stereocenters. The predicted molar refractivity (Wildman–Crippen MR) is 99.5 cm³/mol. The zero-order valence-electron chi connectivity index (χ0n) is 14.6. The summed E-state index contributed by atoms with van der Waals surface area (Å²) >= 11 is 1.26. The van der Waals surface area contributed by atoms with Crippen molar-refractivity contribution in [3.8, 4) is 11.5 Å². The highest BCUT2D eigenvalue weighted by Gasteiger charge is 2.22. The van der Waals surface area contributed by atoms with Crippen molar-refractivity contribution in [2.24, 2.45) is 0 Å². The van der Waals surface area contributed by atoms with Crippen LogP contribution in [0.15, 0.2) is 28.0 Å². The van der Waals surface area contributed by atoms with Gasteiger partial charge in [-0.2, -0.15) is 4.98 Å². The summed E-state index contributed by atoms with van der Waals surface area (Å²) in [6, 6.07) is 5.22. The van der Waals surface area contributed by atoms with Gasteiger partial charge in [-0.15, -0.1) is 0 Å². The van der Waals surface area contributed by atoms with Crippen LogP contribution in [-0.2, 0) is 24.2 Å². The van der Waals surface area contributed by atoms with Crippen molar-refractivity contribution in [3.63, 3.8) is 0 Å². The summed E-state index contributed by atoms with van der Waals surface area (Å²) in [5.74, 6) is 1.22. The van der Waals surface area contributed by atoms with E-state index in [1.807, 2.05) is 0 Å². The van der Waals surface area contributed by atoms with Gasteiger partial charge in [0.25, 0.3) is 0 Å². The average molecular weight is 389 g/mol. The number of nitrogens with zero attached hydrogens (tertiary/aromatic N) is 2. The van der Waals surface area contributed by atoms with Crippen molar-refractivity contribution in [1.29, 1.82) is 0 Å². The number of benzene rings is 1. The molecule has 0 radical (unpaired) electrons. The smallest absolute Gasteiger partial charge is 0.348 e. The van der Waals surface area contributed by atoms with Crippen molar-refractivity contribution in [2.75, 3.05) is 24.5 Å². The number of thioether (sulfide) groups is 1. The first-order valence-electron chi connectivity index (χ1n) is 8.71. The fourth-order valence-corrected chi connectivity index (χ4v) is 4.22. The maximum atomic E-state index is 12.3. The number of hydrogen-bond donors (Lipinski definition) is 2. The molecule has 0 fully saturated rings. The monoisotopic (exact) mass is 389 g/mol. The van der Waals surface area contributed by atoms with Crippen molar-refractivity contribution < 1.29 is 19.4 Å². The Morgan fingerprint density at radius 2 is 2.15 bits per heavy atom.